The first-order chi connectivity index (χ1) is 6.68. The summed E-state index contributed by atoms with van der Waals surface area (Å²) in [6.45, 7) is 7.35. The van der Waals surface area contributed by atoms with Crippen molar-refractivity contribution >= 4 is 11.8 Å². The maximum atomic E-state index is 10.2. The van der Waals surface area contributed by atoms with Crippen LogP contribution in [0.1, 0.15) is 32.1 Å². The van der Waals surface area contributed by atoms with Gasteiger partial charge in [0.1, 0.15) is 0 Å². The fraction of sp³-hybridized carbons (Fsp3) is 0.667. The maximum absolute atomic E-state index is 10.2. The zero-order valence-corrected chi connectivity index (χ0v) is 9.98. The minimum Gasteiger partial charge on any atom is -0.389 e. The monoisotopic (exact) mass is 214 g/mol. The predicted molar refractivity (Wildman–Crippen MR) is 66.8 cm³/mol. The minimum absolute atomic E-state index is 0.595. The number of hydrogen-bond donors (Lipinski definition) is 1. The van der Waals surface area contributed by atoms with E-state index in [1.807, 2.05) is 11.8 Å². The average molecular weight is 214 g/mol. The van der Waals surface area contributed by atoms with Crippen molar-refractivity contribution < 1.29 is 5.11 Å². The Morgan fingerprint density at radius 1 is 1.21 bits per heavy atom. The molecule has 1 nitrogen and oxygen atoms in total. The first-order valence-corrected chi connectivity index (χ1v) is 6.51. The smallest absolute Gasteiger partial charge is 0.0716 e. The van der Waals surface area contributed by atoms with E-state index >= 15 is 0 Å². The van der Waals surface area contributed by atoms with Gasteiger partial charge in [-0.05, 0) is 44.1 Å². The minimum atomic E-state index is -0.595. The molecule has 0 fully saturated rings. The summed E-state index contributed by atoms with van der Waals surface area (Å²) in [5.41, 5.74) is -0.595. The topological polar surface area (TPSA) is 20.2 Å². The Bertz CT molecular complexity index is 156. The van der Waals surface area contributed by atoms with Gasteiger partial charge in [-0.3, -0.25) is 0 Å². The van der Waals surface area contributed by atoms with E-state index in [2.05, 4.69) is 19.4 Å². The summed E-state index contributed by atoms with van der Waals surface area (Å²) in [7, 11) is 0. The first-order valence-electron chi connectivity index (χ1n) is 5.11. The van der Waals surface area contributed by atoms with Gasteiger partial charge in [-0.25, -0.2) is 0 Å². The molecule has 0 unspecified atom stereocenters. The summed E-state index contributed by atoms with van der Waals surface area (Å²) in [6, 6.07) is 0. The Morgan fingerprint density at radius 3 is 2.21 bits per heavy atom. The van der Waals surface area contributed by atoms with Gasteiger partial charge in [0, 0.05) is 0 Å². The van der Waals surface area contributed by atoms with Gasteiger partial charge < -0.3 is 5.11 Å². The van der Waals surface area contributed by atoms with Crippen LogP contribution in [0.4, 0.5) is 0 Å². The molecule has 0 aliphatic rings. The van der Waals surface area contributed by atoms with E-state index in [-0.39, 0.29) is 0 Å². The molecule has 0 saturated carbocycles. The SMILES string of the molecule is C=CCC(O)(CC=C)CCCCSC. The lowest BCUT2D eigenvalue weighted by molar-refractivity contribution is 0.0353. The van der Waals surface area contributed by atoms with Crippen LogP contribution >= 0.6 is 11.8 Å². The van der Waals surface area contributed by atoms with Crippen molar-refractivity contribution in [1.82, 2.24) is 0 Å². The molecule has 1 N–H and O–H groups in total. The molecule has 0 atom stereocenters. The summed E-state index contributed by atoms with van der Waals surface area (Å²) in [5.74, 6) is 1.18. The molecular formula is C12H22OS. The van der Waals surface area contributed by atoms with Gasteiger partial charge in [0.05, 0.1) is 5.60 Å². The van der Waals surface area contributed by atoms with Gasteiger partial charge in [0.2, 0.25) is 0 Å². The van der Waals surface area contributed by atoms with Gasteiger partial charge >= 0.3 is 0 Å². The van der Waals surface area contributed by atoms with Crippen LogP contribution in [0.3, 0.4) is 0 Å². The second-order valence-electron chi connectivity index (χ2n) is 3.66. The van der Waals surface area contributed by atoms with Gasteiger partial charge in [0.25, 0.3) is 0 Å². The molecule has 0 spiro atoms. The molecule has 0 aromatic carbocycles. The Balaban J connectivity index is 3.82. The number of hydrogen-bond acceptors (Lipinski definition) is 2. The standard InChI is InChI=1S/C12H22OS/c1-4-8-12(13,9-5-2)10-6-7-11-14-3/h4-5,13H,1-2,6-11H2,3H3. The molecule has 14 heavy (non-hydrogen) atoms. The van der Waals surface area contributed by atoms with Crippen LogP contribution < -0.4 is 0 Å². The van der Waals surface area contributed by atoms with E-state index in [0.29, 0.717) is 12.8 Å². The fourth-order valence-electron chi connectivity index (χ4n) is 1.53. The third-order valence-electron chi connectivity index (χ3n) is 2.29. The molecule has 82 valence electrons. The van der Waals surface area contributed by atoms with Crippen molar-refractivity contribution in [2.24, 2.45) is 0 Å². The Hall–Kier alpha value is -0.210. The number of unbranched alkanes of at least 4 members (excludes halogenated alkanes) is 1. The summed E-state index contributed by atoms with van der Waals surface area (Å²) in [6.07, 6.45) is 10.1. The van der Waals surface area contributed by atoms with Crippen LogP contribution in [-0.2, 0) is 0 Å². The molecule has 0 amide bonds. The lowest BCUT2D eigenvalue weighted by atomic mass is 9.90. The van der Waals surface area contributed by atoms with Gasteiger partial charge in [-0.15, -0.1) is 13.2 Å². The summed E-state index contributed by atoms with van der Waals surface area (Å²) < 4.78 is 0. The largest absolute Gasteiger partial charge is 0.389 e. The van der Waals surface area contributed by atoms with Gasteiger partial charge in [-0.1, -0.05) is 12.2 Å². The van der Waals surface area contributed by atoms with Crippen molar-refractivity contribution in [2.75, 3.05) is 12.0 Å². The lowest BCUT2D eigenvalue weighted by Crippen LogP contribution is -2.26. The van der Waals surface area contributed by atoms with Crippen LogP contribution in [0.2, 0.25) is 0 Å². The molecule has 0 aromatic heterocycles. The molecule has 0 radical (unpaired) electrons. The summed E-state index contributed by atoms with van der Waals surface area (Å²) >= 11 is 1.86. The van der Waals surface area contributed by atoms with E-state index in [4.69, 9.17) is 0 Å². The highest BCUT2D eigenvalue weighted by Gasteiger charge is 2.22. The van der Waals surface area contributed by atoms with E-state index in [1.165, 1.54) is 12.2 Å². The van der Waals surface area contributed by atoms with Crippen molar-refractivity contribution in [1.29, 1.82) is 0 Å². The van der Waals surface area contributed by atoms with Crippen molar-refractivity contribution in [2.45, 2.75) is 37.7 Å². The molecular weight excluding hydrogens is 192 g/mol. The van der Waals surface area contributed by atoms with E-state index in [1.54, 1.807) is 12.2 Å². The molecule has 0 aliphatic carbocycles. The van der Waals surface area contributed by atoms with Gasteiger partial charge in [-0.2, -0.15) is 11.8 Å². The molecule has 0 aromatic rings. The zero-order chi connectivity index (χ0) is 10.9. The first kappa shape index (κ1) is 13.8. The summed E-state index contributed by atoms with van der Waals surface area (Å²) in [5, 5.41) is 10.2. The molecule has 0 saturated heterocycles. The molecule has 0 rings (SSSR count). The highest BCUT2D eigenvalue weighted by atomic mass is 32.2. The molecule has 0 aliphatic heterocycles. The molecule has 2 heteroatoms. The van der Waals surface area contributed by atoms with E-state index < -0.39 is 5.60 Å². The number of rotatable bonds is 9. The maximum Gasteiger partial charge on any atom is 0.0716 e. The third kappa shape index (κ3) is 6.28. The number of thioether (sulfide) groups is 1. The second kappa shape index (κ2) is 8.13. The zero-order valence-electron chi connectivity index (χ0n) is 9.17. The van der Waals surface area contributed by atoms with E-state index in [0.717, 1.165) is 12.8 Å². The Kier molecular flexibility index (Phi) is 8.01. The van der Waals surface area contributed by atoms with Crippen molar-refractivity contribution in [3.8, 4) is 0 Å². The van der Waals surface area contributed by atoms with Crippen LogP contribution in [0.5, 0.6) is 0 Å². The number of aliphatic hydroxyl groups is 1. The third-order valence-corrected chi connectivity index (χ3v) is 2.99. The highest BCUT2D eigenvalue weighted by molar-refractivity contribution is 7.98. The summed E-state index contributed by atoms with van der Waals surface area (Å²) in [4.78, 5) is 0. The quantitative estimate of drug-likeness (QED) is 0.469. The normalized spacial score (nSPS) is 11.3. The second-order valence-corrected chi connectivity index (χ2v) is 4.65. The Morgan fingerprint density at radius 2 is 1.79 bits per heavy atom. The molecule has 0 bridgehead atoms. The van der Waals surface area contributed by atoms with E-state index in [9.17, 15) is 5.11 Å². The molecule has 0 heterocycles. The van der Waals surface area contributed by atoms with Gasteiger partial charge in [0.15, 0.2) is 0 Å². The van der Waals surface area contributed by atoms with Crippen LogP contribution in [0.15, 0.2) is 25.3 Å². The van der Waals surface area contributed by atoms with Crippen molar-refractivity contribution in [3.05, 3.63) is 25.3 Å². The van der Waals surface area contributed by atoms with Crippen LogP contribution in [-0.4, -0.2) is 22.7 Å². The lowest BCUT2D eigenvalue weighted by Gasteiger charge is -2.25. The average Bonchev–Trinajstić information content (AvgIpc) is 2.13. The highest BCUT2D eigenvalue weighted by Crippen LogP contribution is 2.23. The van der Waals surface area contributed by atoms with Crippen LogP contribution in [0, 0.1) is 0 Å². The Labute approximate surface area is 92.3 Å². The fourth-order valence-corrected chi connectivity index (χ4v) is 2.02. The van der Waals surface area contributed by atoms with Crippen molar-refractivity contribution in [3.63, 3.8) is 0 Å². The van der Waals surface area contributed by atoms with Crippen LogP contribution in [0.25, 0.3) is 0 Å². The predicted octanol–water partition coefficient (Wildman–Crippen LogP) is 3.40.